The zero-order chi connectivity index (χ0) is 33.0. The predicted octanol–water partition coefficient (Wildman–Crippen LogP) is 12.5. The van der Waals surface area contributed by atoms with E-state index in [2.05, 4.69) is 140 Å². The fraction of sp³-hybridized carbons (Fsp3) is 0. The normalized spacial score (nSPS) is 11.6. The van der Waals surface area contributed by atoms with Gasteiger partial charge in [0.05, 0.1) is 0 Å². The number of hydrogen-bond donors (Lipinski definition) is 0. The molecule has 3 aromatic heterocycles. The van der Waals surface area contributed by atoms with Crippen LogP contribution < -0.4 is 0 Å². The van der Waals surface area contributed by atoms with Gasteiger partial charge in [0.2, 0.25) is 0 Å². The monoisotopic (exact) mass is 657 g/mol. The summed E-state index contributed by atoms with van der Waals surface area (Å²) in [6.45, 7) is 0. The third-order valence-electron chi connectivity index (χ3n) is 9.39. The van der Waals surface area contributed by atoms with E-state index in [1.54, 1.807) is 11.3 Å². The van der Waals surface area contributed by atoms with Crippen molar-refractivity contribution < 1.29 is 4.42 Å². The van der Waals surface area contributed by atoms with Gasteiger partial charge in [0.1, 0.15) is 11.2 Å². The average molecular weight is 658 g/mol. The first-order valence-corrected chi connectivity index (χ1v) is 17.4. The van der Waals surface area contributed by atoms with Crippen molar-refractivity contribution in [1.29, 1.82) is 0 Å². The fourth-order valence-electron chi connectivity index (χ4n) is 6.84. The second-order valence-corrected chi connectivity index (χ2v) is 13.5. The van der Waals surface area contributed by atoms with Gasteiger partial charge in [-0.25, -0.2) is 15.0 Å². The zero-order valence-corrected chi connectivity index (χ0v) is 27.6. The van der Waals surface area contributed by atoms with Gasteiger partial charge in [0, 0.05) is 47.6 Å². The van der Waals surface area contributed by atoms with E-state index in [0.717, 1.165) is 55.3 Å². The minimum Gasteiger partial charge on any atom is -0.456 e. The van der Waals surface area contributed by atoms with Gasteiger partial charge < -0.3 is 4.42 Å². The van der Waals surface area contributed by atoms with E-state index in [0.29, 0.717) is 17.5 Å². The highest BCUT2D eigenvalue weighted by Gasteiger charge is 2.17. The van der Waals surface area contributed by atoms with Crippen LogP contribution >= 0.6 is 11.3 Å². The summed E-state index contributed by atoms with van der Waals surface area (Å²) in [6, 6.07) is 56.9. The predicted molar refractivity (Wildman–Crippen MR) is 207 cm³/mol. The largest absolute Gasteiger partial charge is 0.456 e. The molecule has 0 atom stereocenters. The number of hydrogen-bond acceptors (Lipinski definition) is 5. The number of aromatic nitrogens is 3. The number of nitrogens with zero attached hydrogens (tertiary/aromatic N) is 3. The Bertz CT molecular complexity index is 2850. The van der Waals surface area contributed by atoms with Crippen molar-refractivity contribution in [2.45, 2.75) is 0 Å². The SMILES string of the molecule is c1ccc(-c2ccc(-c3nc(-c4ccc(-c5ccc6c(c5)oc5ccccc56)cc4)nc(-c4cccc5c4sc4ccccc45)n3)cc2)cc1. The number of rotatable bonds is 5. The van der Waals surface area contributed by atoms with Gasteiger partial charge in [-0.05, 0) is 52.6 Å². The lowest BCUT2D eigenvalue weighted by atomic mass is 10.0. The Morgan fingerprint density at radius 1 is 0.360 bits per heavy atom. The van der Waals surface area contributed by atoms with E-state index in [-0.39, 0.29) is 0 Å². The minimum absolute atomic E-state index is 0.634. The maximum atomic E-state index is 6.17. The molecular weight excluding hydrogens is 631 g/mol. The molecule has 7 aromatic carbocycles. The van der Waals surface area contributed by atoms with E-state index in [1.807, 2.05) is 24.3 Å². The molecule has 0 bridgehead atoms. The molecule has 0 saturated carbocycles. The van der Waals surface area contributed by atoms with E-state index in [9.17, 15) is 0 Å². The molecule has 0 aliphatic rings. The Labute approximate surface area is 292 Å². The molecule has 5 heteroatoms. The van der Waals surface area contributed by atoms with Crippen LogP contribution in [0.15, 0.2) is 168 Å². The molecule has 0 radical (unpaired) electrons. The van der Waals surface area contributed by atoms with Crippen LogP contribution in [-0.4, -0.2) is 15.0 Å². The highest BCUT2D eigenvalue weighted by atomic mass is 32.1. The Hall–Kier alpha value is -6.43. The first-order chi connectivity index (χ1) is 24.7. The summed E-state index contributed by atoms with van der Waals surface area (Å²) >= 11 is 1.78. The third kappa shape index (κ3) is 4.87. The van der Waals surface area contributed by atoms with E-state index in [4.69, 9.17) is 19.4 Å². The van der Waals surface area contributed by atoms with Crippen molar-refractivity contribution in [3.8, 4) is 56.4 Å². The summed E-state index contributed by atoms with van der Waals surface area (Å²) in [5.41, 5.74) is 9.16. The van der Waals surface area contributed by atoms with Gasteiger partial charge >= 0.3 is 0 Å². The number of fused-ring (bicyclic) bond motifs is 6. The lowest BCUT2D eigenvalue weighted by Crippen LogP contribution is -2.00. The highest BCUT2D eigenvalue weighted by Crippen LogP contribution is 2.40. The lowest BCUT2D eigenvalue weighted by molar-refractivity contribution is 0.669. The molecule has 0 amide bonds. The van der Waals surface area contributed by atoms with E-state index < -0.39 is 0 Å². The standard InChI is InChI=1S/C45H27N3OS/c1-2-9-28(10-3-1)29-17-21-31(22-18-29)43-46-44(48-45(47-43)38-14-8-13-37-36-12-5-7-16-41(36)50-42(37)38)32-23-19-30(20-24-32)33-25-26-35-34-11-4-6-15-39(34)49-40(35)27-33/h1-27H. The van der Waals surface area contributed by atoms with Crippen LogP contribution in [0.25, 0.3) is 98.5 Å². The molecule has 4 nitrogen and oxygen atoms in total. The van der Waals surface area contributed by atoms with Gasteiger partial charge in [-0.1, -0.05) is 133 Å². The fourth-order valence-corrected chi connectivity index (χ4v) is 8.05. The average Bonchev–Trinajstić information content (AvgIpc) is 3.76. The van der Waals surface area contributed by atoms with Crippen LogP contribution in [0.4, 0.5) is 0 Å². The summed E-state index contributed by atoms with van der Waals surface area (Å²) in [4.78, 5) is 15.3. The molecule has 3 heterocycles. The summed E-state index contributed by atoms with van der Waals surface area (Å²) in [5.74, 6) is 1.94. The van der Waals surface area contributed by atoms with Crippen molar-refractivity contribution in [3.63, 3.8) is 0 Å². The van der Waals surface area contributed by atoms with E-state index in [1.165, 1.54) is 25.7 Å². The quantitative estimate of drug-likeness (QED) is 0.185. The summed E-state index contributed by atoms with van der Waals surface area (Å²) in [5, 5.41) is 4.71. The molecule has 0 aliphatic heterocycles. The maximum Gasteiger partial charge on any atom is 0.165 e. The number of furan rings is 1. The van der Waals surface area contributed by atoms with Gasteiger partial charge in [-0.3, -0.25) is 0 Å². The smallest absolute Gasteiger partial charge is 0.165 e. The van der Waals surface area contributed by atoms with Gasteiger partial charge in [-0.15, -0.1) is 11.3 Å². The number of benzene rings is 7. The summed E-state index contributed by atoms with van der Waals surface area (Å²) in [6.07, 6.45) is 0. The van der Waals surface area contributed by atoms with Gasteiger partial charge in [-0.2, -0.15) is 0 Å². The molecule has 0 fully saturated rings. The first-order valence-electron chi connectivity index (χ1n) is 16.6. The van der Waals surface area contributed by atoms with E-state index >= 15 is 0 Å². The maximum absolute atomic E-state index is 6.17. The van der Waals surface area contributed by atoms with Crippen molar-refractivity contribution in [1.82, 2.24) is 15.0 Å². The van der Waals surface area contributed by atoms with Gasteiger partial charge in [0.25, 0.3) is 0 Å². The van der Waals surface area contributed by atoms with Crippen molar-refractivity contribution in [2.75, 3.05) is 0 Å². The van der Waals surface area contributed by atoms with Crippen LogP contribution in [-0.2, 0) is 0 Å². The van der Waals surface area contributed by atoms with Crippen molar-refractivity contribution >= 4 is 53.4 Å². The molecule has 0 aliphatic carbocycles. The van der Waals surface area contributed by atoms with Crippen LogP contribution in [0.3, 0.4) is 0 Å². The van der Waals surface area contributed by atoms with Crippen LogP contribution in [0, 0.1) is 0 Å². The Balaban J connectivity index is 1.08. The lowest BCUT2D eigenvalue weighted by Gasteiger charge is -2.10. The Kier molecular flexibility index (Phi) is 6.64. The molecule has 10 rings (SSSR count). The summed E-state index contributed by atoms with van der Waals surface area (Å²) < 4.78 is 8.60. The van der Waals surface area contributed by atoms with Crippen LogP contribution in [0.2, 0.25) is 0 Å². The minimum atomic E-state index is 0.634. The Morgan fingerprint density at radius 2 is 0.900 bits per heavy atom. The Morgan fingerprint density at radius 3 is 1.66 bits per heavy atom. The topological polar surface area (TPSA) is 51.8 Å². The zero-order valence-electron chi connectivity index (χ0n) is 26.7. The molecule has 0 unspecified atom stereocenters. The van der Waals surface area contributed by atoms with Crippen LogP contribution in [0.1, 0.15) is 0 Å². The van der Waals surface area contributed by atoms with Crippen molar-refractivity contribution in [2.24, 2.45) is 0 Å². The first kappa shape index (κ1) is 28.6. The molecule has 234 valence electrons. The second kappa shape index (κ2) is 11.6. The molecule has 0 N–H and O–H groups in total. The third-order valence-corrected chi connectivity index (χ3v) is 10.6. The molecule has 0 spiro atoms. The molecule has 10 aromatic rings. The number of thiophene rings is 1. The van der Waals surface area contributed by atoms with Crippen molar-refractivity contribution in [3.05, 3.63) is 164 Å². The summed E-state index contributed by atoms with van der Waals surface area (Å²) in [7, 11) is 0. The van der Waals surface area contributed by atoms with Gasteiger partial charge in [0.15, 0.2) is 17.5 Å². The molecule has 50 heavy (non-hydrogen) atoms. The highest BCUT2D eigenvalue weighted by molar-refractivity contribution is 7.26. The van der Waals surface area contributed by atoms with Crippen LogP contribution in [0.5, 0.6) is 0 Å². The second-order valence-electron chi connectivity index (χ2n) is 12.4. The molecule has 0 saturated heterocycles. The molecular formula is C45H27N3OS. The number of para-hydroxylation sites is 1.